The van der Waals surface area contributed by atoms with E-state index in [4.69, 9.17) is 14.2 Å². The zero-order valence-electron chi connectivity index (χ0n) is 30.0. The predicted octanol–water partition coefficient (Wildman–Crippen LogP) is 5.26. The second kappa shape index (κ2) is 13.3. The average molecular weight is 743 g/mol. The fraction of sp³-hybridized carbons (Fsp3) is 0.436. The van der Waals surface area contributed by atoms with Crippen LogP contribution in [0.5, 0.6) is 0 Å². The van der Waals surface area contributed by atoms with Crippen molar-refractivity contribution < 1.29 is 42.6 Å². The van der Waals surface area contributed by atoms with Crippen molar-refractivity contribution in [2.45, 2.75) is 69.2 Å². The second-order valence-electron chi connectivity index (χ2n) is 15.1. The molecule has 53 heavy (non-hydrogen) atoms. The van der Waals surface area contributed by atoms with Crippen LogP contribution in [0.2, 0.25) is 18.6 Å². The highest BCUT2D eigenvalue weighted by Crippen LogP contribution is 2.61. The molecule has 0 unspecified atom stereocenters. The normalized spacial score (nSPS) is 26.7. The Bertz CT molecular complexity index is 1990. The van der Waals surface area contributed by atoms with E-state index in [9.17, 15) is 19.5 Å². The molecule has 1 spiro atoms. The Labute approximate surface area is 308 Å². The molecule has 0 aromatic heterocycles. The molecule has 0 aliphatic carbocycles. The van der Waals surface area contributed by atoms with Crippen LogP contribution < -0.4 is 14.7 Å². The minimum Gasteiger partial charge on any atom is -0.447 e. The van der Waals surface area contributed by atoms with E-state index in [0.717, 1.165) is 16.7 Å². The largest absolute Gasteiger partial charge is 0.447 e. The van der Waals surface area contributed by atoms with Gasteiger partial charge in [0.15, 0.2) is 5.60 Å². The Kier molecular flexibility index (Phi) is 8.81. The van der Waals surface area contributed by atoms with Crippen LogP contribution in [-0.4, -0.2) is 87.5 Å². The standard InChI is InChI=1S/C39H43FN4O8Si/c1-24-35(53(2,3)40)33(20-34(46)43-22-27-9-5-4-8-26(27)18-30(43)23-45)52-39(24)31-19-29(42-14-16-51-38(42)49)11-12-32(31)44(36(39)47)21-25-7-6-10-28(17-25)41-13-15-50-37(41)48/h4-12,17,19,24,30,33,35,45H,13-16,18,20-23H2,1-3H3/t24-,30+,33+,35-,39+/m1/s1. The van der Waals surface area contributed by atoms with Gasteiger partial charge in [0.2, 0.25) is 14.3 Å². The summed E-state index contributed by atoms with van der Waals surface area (Å²) in [7, 11) is -3.62. The first-order valence-corrected chi connectivity index (χ1v) is 21.1. The van der Waals surface area contributed by atoms with E-state index in [1.165, 1.54) is 9.80 Å². The summed E-state index contributed by atoms with van der Waals surface area (Å²) in [5, 5.41) is 10.3. The number of anilines is 3. The summed E-state index contributed by atoms with van der Waals surface area (Å²) in [4.78, 5) is 60.7. The van der Waals surface area contributed by atoms with Crippen LogP contribution in [0.3, 0.4) is 0 Å². The van der Waals surface area contributed by atoms with Crippen molar-refractivity contribution in [1.29, 1.82) is 0 Å². The molecular weight excluding hydrogens is 700 g/mol. The number of hydrogen-bond acceptors (Lipinski definition) is 8. The summed E-state index contributed by atoms with van der Waals surface area (Å²) < 4.78 is 33.9. The van der Waals surface area contributed by atoms with Crippen LogP contribution in [0.25, 0.3) is 0 Å². The van der Waals surface area contributed by atoms with Crippen molar-refractivity contribution in [3.8, 4) is 0 Å². The van der Waals surface area contributed by atoms with Crippen molar-refractivity contribution >= 4 is 49.5 Å². The van der Waals surface area contributed by atoms with E-state index < -0.39 is 49.8 Å². The van der Waals surface area contributed by atoms with Gasteiger partial charge in [-0.1, -0.05) is 43.3 Å². The van der Waals surface area contributed by atoms with Gasteiger partial charge in [-0.05, 0) is 66.5 Å². The number of benzene rings is 3. The zero-order chi connectivity index (χ0) is 37.2. The molecule has 5 aliphatic heterocycles. The van der Waals surface area contributed by atoms with Crippen molar-refractivity contribution in [1.82, 2.24) is 4.90 Å². The van der Waals surface area contributed by atoms with Crippen LogP contribution >= 0.6 is 0 Å². The fourth-order valence-corrected chi connectivity index (χ4v) is 11.6. The highest BCUT2D eigenvalue weighted by atomic mass is 28.4. The van der Waals surface area contributed by atoms with Crippen LogP contribution in [0.15, 0.2) is 66.7 Å². The number of fused-ring (bicyclic) bond motifs is 3. The van der Waals surface area contributed by atoms with Gasteiger partial charge in [0.25, 0.3) is 5.91 Å². The SMILES string of the molecule is C[C@@H]1[C@@H]([Si](C)(C)F)[C@H](CC(=O)N2Cc3ccccc3C[C@H]2CO)O[C@@]12C(=O)N(Cc1cccc(N3CCOC3=O)c1)c1ccc(N3CCOC3=O)cc12. The number of ether oxygens (including phenoxy) is 3. The maximum Gasteiger partial charge on any atom is 0.414 e. The number of amides is 4. The third kappa shape index (κ3) is 5.87. The van der Waals surface area contributed by atoms with Crippen molar-refractivity contribution in [2.24, 2.45) is 5.92 Å². The molecule has 5 heterocycles. The molecule has 1 N–H and O–H groups in total. The van der Waals surface area contributed by atoms with E-state index in [2.05, 4.69) is 0 Å². The smallest absolute Gasteiger partial charge is 0.414 e. The van der Waals surface area contributed by atoms with Crippen LogP contribution in [-0.2, 0) is 48.9 Å². The molecule has 278 valence electrons. The maximum absolute atomic E-state index is 16.7. The van der Waals surface area contributed by atoms with Crippen LogP contribution in [0.1, 0.15) is 35.6 Å². The Morgan fingerprint density at radius 1 is 0.925 bits per heavy atom. The molecular formula is C39H43FN4O8Si. The Morgan fingerprint density at radius 2 is 1.60 bits per heavy atom. The lowest BCUT2D eigenvalue weighted by Crippen LogP contribution is -2.48. The number of nitrogens with zero attached hydrogens (tertiary/aromatic N) is 4. The first-order chi connectivity index (χ1) is 25.4. The maximum atomic E-state index is 16.7. The van der Waals surface area contributed by atoms with E-state index in [0.29, 0.717) is 48.7 Å². The molecule has 3 saturated heterocycles. The fourth-order valence-electron chi connectivity index (χ4n) is 9.15. The molecule has 4 amide bonds. The van der Waals surface area contributed by atoms with E-state index >= 15 is 8.90 Å². The van der Waals surface area contributed by atoms with Gasteiger partial charge in [0.1, 0.15) is 13.2 Å². The first kappa shape index (κ1) is 35.2. The topological polar surface area (TPSA) is 129 Å². The van der Waals surface area contributed by atoms with Gasteiger partial charge in [-0.3, -0.25) is 19.4 Å². The number of halogens is 1. The molecule has 3 fully saturated rings. The zero-order valence-corrected chi connectivity index (χ0v) is 31.0. The van der Waals surface area contributed by atoms with Gasteiger partial charge in [0, 0.05) is 34.9 Å². The molecule has 0 bridgehead atoms. The van der Waals surface area contributed by atoms with Gasteiger partial charge in [0.05, 0.1) is 50.5 Å². The van der Waals surface area contributed by atoms with Crippen molar-refractivity contribution in [2.75, 3.05) is 47.6 Å². The van der Waals surface area contributed by atoms with Crippen LogP contribution in [0, 0.1) is 5.92 Å². The number of carbonyl (C=O) groups excluding carboxylic acids is 4. The molecule has 0 saturated carbocycles. The molecule has 3 aromatic rings. The number of aliphatic hydroxyl groups is 1. The molecule has 0 radical (unpaired) electrons. The average Bonchev–Trinajstić information content (AvgIpc) is 3.89. The van der Waals surface area contributed by atoms with E-state index in [-0.39, 0.29) is 44.6 Å². The van der Waals surface area contributed by atoms with Gasteiger partial charge in [-0.2, -0.15) is 0 Å². The highest BCUT2D eigenvalue weighted by Gasteiger charge is 2.67. The molecule has 5 atom stereocenters. The molecule has 12 nitrogen and oxygen atoms in total. The third-order valence-corrected chi connectivity index (χ3v) is 14.1. The summed E-state index contributed by atoms with van der Waals surface area (Å²) in [5.41, 5.74) is 2.66. The Balaban J connectivity index is 1.17. The van der Waals surface area contributed by atoms with Gasteiger partial charge in [-0.25, -0.2) is 9.59 Å². The molecule has 3 aromatic carbocycles. The van der Waals surface area contributed by atoms with Crippen molar-refractivity contribution in [3.63, 3.8) is 0 Å². The van der Waals surface area contributed by atoms with E-state index in [1.807, 2.05) is 55.5 Å². The number of hydrogen-bond donors (Lipinski definition) is 1. The van der Waals surface area contributed by atoms with Crippen molar-refractivity contribution in [3.05, 3.63) is 89.0 Å². The highest BCUT2D eigenvalue weighted by molar-refractivity contribution is 6.72. The van der Waals surface area contributed by atoms with Gasteiger partial charge in [-0.15, -0.1) is 0 Å². The summed E-state index contributed by atoms with van der Waals surface area (Å²) >= 11 is 0. The van der Waals surface area contributed by atoms with Gasteiger partial charge >= 0.3 is 12.2 Å². The number of aliphatic hydroxyl groups excluding tert-OH is 1. The second-order valence-corrected chi connectivity index (χ2v) is 18.9. The minimum atomic E-state index is -3.62. The summed E-state index contributed by atoms with van der Waals surface area (Å²) in [6.45, 7) is 6.49. The predicted molar refractivity (Wildman–Crippen MR) is 196 cm³/mol. The van der Waals surface area contributed by atoms with Crippen LogP contribution in [0.4, 0.5) is 30.8 Å². The lowest BCUT2D eigenvalue weighted by atomic mass is 9.82. The summed E-state index contributed by atoms with van der Waals surface area (Å²) in [5.74, 6) is -1.33. The Morgan fingerprint density at radius 3 is 2.25 bits per heavy atom. The van der Waals surface area contributed by atoms with Gasteiger partial charge < -0.3 is 33.2 Å². The third-order valence-electron chi connectivity index (χ3n) is 11.6. The molecule has 5 aliphatic rings. The monoisotopic (exact) mass is 742 g/mol. The summed E-state index contributed by atoms with van der Waals surface area (Å²) in [6, 6.07) is 20.0. The molecule has 8 rings (SSSR count). The number of cyclic esters (lactones) is 2. The minimum absolute atomic E-state index is 0.127. The lowest BCUT2D eigenvalue weighted by Gasteiger charge is -2.37. The quantitative estimate of drug-likeness (QED) is 0.245. The lowest BCUT2D eigenvalue weighted by molar-refractivity contribution is -0.151. The van der Waals surface area contributed by atoms with E-state index in [1.54, 1.807) is 41.1 Å². The molecule has 14 heteroatoms. The summed E-state index contributed by atoms with van der Waals surface area (Å²) in [6.07, 6.45) is -1.53. The Hall–Kier alpha value is -4.79. The number of carbonyl (C=O) groups is 4. The number of rotatable bonds is 8. The first-order valence-electron chi connectivity index (χ1n) is 18.2.